The number of para-hydroxylation sites is 1. The van der Waals surface area contributed by atoms with Crippen molar-refractivity contribution in [2.45, 2.75) is 87.0 Å². The summed E-state index contributed by atoms with van der Waals surface area (Å²) in [7, 11) is -0.634. The summed E-state index contributed by atoms with van der Waals surface area (Å²) in [5.41, 5.74) is 14.2. The van der Waals surface area contributed by atoms with Crippen molar-refractivity contribution < 1.29 is 37.5 Å². The van der Waals surface area contributed by atoms with Crippen LogP contribution in [-0.2, 0) is 46.8 Å². The molecule has 6 rings (SSSR count). The Morgan fingerprint density at radius 3 is 2.24 bits per heavy atom. The van der Waals surface area contributed by atoms with Crippen LogP contribution in [0.25, 0.3) is 21.7 Å². The van der Waals surface area contributed by atoms with E-state index in [0.29, 0.717) is 29.2 Å². The molecule has 0 spiro atoms. The molecule has 5 aromatic rings. The Morgan fingerprint density at radius 1 is 0.833 bits per heavy atom. The van der Waals surface area contributed by atoms with Gasteiger partial charge in [0.1, 0.15) is 30.2 Å². The minimum atomic E-state index is -4.34. The molecule has 10 N–H and O–H groups in total. The van der Waals surface area contributed by atoms with Gasteiger partial charge in [0.2, 0.25) is 33.7 Å². The first-order chi connectivity index (χ1) is 31.5. The van der Waals surface area contributed by atoms with Crippen LogP contribution in [0.2, 0.25) is 0 Å². The normalized spacial score (nSPS) is 15.6. The van der Waals surface area contributed by atoms with Crippen LogP contribution in [0.15, 0.2) is 107 Å². The number of nitrogens with two attached hydrogens (primary N) is 2. The highest BCUT2D eigenvalue weighted by molar-refractivity contribution is 7.89. The smallest absolute Gasteiger partial charge is 0.326 e. The second-order valence-corrected chi connectivity index (χ2v) is 18.3. The van der Waals surface area contributed by atoms with Crippen LogP contribution in [-0.4, -0.2) is 116 Å². The van der Waals surface area contributed by atoms with Crippen molar-refractivity contribution >= 4 is 72.9 Å². The molecule has 2 heterocycles. The summed E-state index contributed by atoms with van der Waals surface area (Å²) in [6.45, 7) is 1.75. The van der Waals surface area contributed by atoms with Crippen LogP contribution >= 0.6 is 0 Å². The van der Waals surface area contributed by atoms with Crippen molar-refractivity contribution in [3.05, 3.63) is 108 Å². The summed E-state index contributed by atoms with van der Waals surface area (Å²) < 4.78 is 31.1. The van der Waals surface area contributed by atoms with Crippen LogP contribution < -0.4 is 37.0 Å². The Balaban J connectivity index is 1.18. The number of nitrogens with one attached hydrogen (secondary N) is 5. The first kappa shape index (κ1) is 48.5. The molecular formula is C47H58N10O8S. The van der Waals surface area contributed by atoms with Gasteiger partial charge >= 0.3 is 5.97 Å². The maximum Gasteiger partial charge on any atom is 0.326 e. The molecule has 66 heavy (non-hydrogen) atoms. The number of carboxylic acid groups (broad SMARTS) is 1. The number of fused-ring (bicyclic) bond motifs is 2. The number of aromatic nitrogens is 1. The van der Waals surface area contributed by atoms with Crippen LogP contribution in [0.1, 0.15) is 50.2 Å². The summed E-state index contributed by atoms with van der Waals surface area (Å²) in [4.78, 5) is 78.6. The summed E-state index contributed by atoms with van der Waals surface area (Å²) in [5.74, 6) is -4.15. The van der Waals surface area contributed by atoms with E-state index < -0.39 is 69.8 Å². The van der Waals surface area contributed by atoms with Crippen molar-refractivity contribution in [3.63, 3.8) is 0 Å². The van der Waals surface area contributed by atoms with E-state index in [2.05, 4.69) is 30.6 Å². The molecule has 1 aliphatic heterocycles. The second kappa shape index (κ2) is 21.8. The van der Waals surface area contributed by atoms with Gasteiger partial charge in [-0.2, -0.15) is 4.72 Å². The number of aliphatic carboxylic acids is 1. The number of benzene rings is 4. The molecule has 0 aliphatic carbocycles. The Labute approximate surface area is 383 Å². The van der Waals surface area contributed by atoms with E-state index in [1.165, 1.54) is 17.9 Å². The lowest BCUT2D eigenvalue weighted by molar-refractivity contribution is -0.144. The number of carbonyl (C=O) groups excluding carboxylic acids is 4. The first-order valence-corrected chi connectivity index (χ1v) is 23.3. The van der Waals surface area contributed by atoms with Gasteiger partial charge in [-0.1, -0.05) is 72.8 Å². The monoisotopic (exact) mass is 922 g/mol. The molecule has 0 saturated carbocycles. The Hall–Kier alpha value is -6.99. The van der Waals surface area contributed by atoms with Gasteiger partial charge in [0.25, 0.3) is 0 Å². The third kappa shape index (κ3) is 12.0. The van der Waals surface area contributed by atoms with Crippen LogP contribution in [0, 0.1) is 0 Å². The number of hydrogen-bond donors (Lipinski definition) is 8. The number of hydrogen-bond acceptors (Lipinski definition) is 9. The number of aromatic amines is 1. The number of carboxylic acids is 1. The number of aliphatic imine (C=N–C) groups is 1. The number of guanidine groups is 1. The van der Waals surface area contributed by atoms with Gasteiger partial charge in [-0.15, -0.1) is 0 Å². The average Bonchev–Trinajstić information content (AvgIpc) is 3.96. The van der Waals surface area contributed by atoms with Crippen molar-refractivity contribution in [2.75, 3.05) is 32.1 Å². The molecule has 0 bridgehead atoms. The zero-order chi connectivity index (χ0) is 47.5. The second-order valence-electron chi connectivity index (χ2n) is 16.6. The molecule has 4 amide bonds. The van der Waals surface area contributed by atoms with Crippen molar-refractivity contribution in [1.29, 1.82) is 0 Å². The van der Waals surface area contributed by atoms with Gasteiger partial charge in [-0.3, -0.25) is 24.2 Å². The Bertz CT molecular complexity index is 2690. The molecule has 5 atom stereocenters. The molecule has 19 heteroatoms. The minimum Gasteiger partial charge on any atom is -0.480 e. The van der Waals surface area contributed by atoms with E-state index in [-0.39, 0.29) is 56.0 Å². The number of H-pyrrole nitrogens is 1. The number of aryl methyl sites for hydroxylation is 1. The number of amides is 4. The molecular weight excluding hydrogens is 865 g/mol. The minimum absolute atomic E-state index is 0.00382. The largest absolute Gasteiger partial charge is 0.480 e. The lowest BCUT2D eigenvalue weighted by Crippen LogP contribution is -2.58. The van der Waals surface area contributed by atoms with E-state index in [1.54, 1.807) is 24.4 Å². The first-order valence-electron chi connectivity index (χ1n) is 21.8. The van der Waals surface area contributed by atoms with Crippen LogP contribution in [0.5, 0.6) is 0 Å². The van der Waals surface area contributed by atoms with E-state index >= 15 is 0 Å². The standard InChI is InChI=1S/C47H58N10O8S/c1-29(45(61)57-26-12-21-40(57)44(60)54-38(46(62)63)27-31-28-51-35-18-8-7-15-32(31)35)52-42(58)36(19-11-25-50-47(48)49)53-43(59)37(24-23-30-13-5-4-6-14-30)55-66(64,65)41-22-10-16-33-34(41)17-9-20-39(33)56(2)3/h4-10,13-18,20,22,28-29,36-38,40,51,55H,11-12,19,21,23-27H2,1-3H3,(H,52,58)(H,53,59)(H,54,60)(H,62,63)(H4,48,49,50)/t29-,36-,37-,38-,40-/m0/s1. The average molecular weight is 923 g/mol. The van der Waals surface area contributed by atoms with Crippen molar-refractivity contribution in [3.8, 4) is 0 Å². The molecule has 1 aromatic heterocycles. The zero-order valence-electron chi connectivity index (χ0n) is 37.2. The van der Waals surface area contributed by atoms with E-state index in [9.17, 15) is 37.5 Å². The van der Waals surface area contributed by atoms with Gasteiger partial charge in [0.15, 0.2) is 5.96 Å². The lowest BCUT2D eigenvalue weighted by atomic mass is 10.0. The third-order valence-corrected chi connectivity index (χ3v) is 13.2. The van der Waals surface area contributed by atoms with Gasteiger partial charge in [0.05, 0.1) is 4.90 Å². The molecule has 4 aromatic carbocycles. The number of nitrogens with zero attached hydrogens (tertiary/aromatic N) is 3. The van der Waals surface area contributed by atoms with E-state index in [4.69, 9.17) is 11.5 Å². The van der Waals surface area contributed by atoms with Gasteiger partial charge in [-0.25, -0.2) is 13.2 Å². The third-order valence-electron chi connectivity index (χ3n) is 11.7. The van der Waals surface area contributed by atoms with Crippen LogP contribution in [0.4, 0.5) is 5.69 Å². The Kier molecular flexibility index (Phi) is 16.0. The summed E-state index contributed by atoms with van der Waals surface area (Å²) >= 11 is 0. The fourth-order valence-electron chi connectivity index (χ4n) is 8.30. The molecule has 0 radical (unpaired) electrons. The summed E-state index contributed by atoms with van der Waals surface area (Å²) in [6, 6.07) is 20.8. The van der Waals surface area contributed by atoms with Gasteiger partial charge in [-0.05, 0) is 74.8 Å². The molecule has 18 nitrogen and oxygen atoms in total. The summed E-state index contributed by atoms with van der Waals surface area (Å²) in [6.07, 6.45) is 3.02. The maximum absolute atomic E-state index is 14.3. The number of rotatable bonds is 21. The van der Waals surface area contributed by atoms with Crippen molar-refractivity contribution in [1.82, 2.24) is 30.6 Å². The fraction of sp³-hybridized carbons (Fsp3) is 0.362. The SMILES string of the molecule is C[C@H](NC(=O)[C@H](CCCN=C(N)N)NC(=O)[C@H](CCc1ccccc1)NS(=O)(=O)c1cccc2c(N(C)C)cccc12)C(=O)N1CCC[C@H]1C(=O)N[C@@H](Cc1c[nH]c2ccccc12)C(=O)O. The zero-order valence-corrected chi connectivity index (χ0v) is 38.0. The fourth-order valence-corrected chi connectivity index (χ4v) is 9.75. The number of carbonyl (C=O) groups is 5. The van der Waals surface area contributed by atoms with Gasteiger partial charge < -0.3 is 47.3 Å². The maximum atomic E-state index is 14.3. The predicted molar refractivity (Wildman–Crippen MR) is 253 cm³/mol. The molecule has 0 unspecified atom stereocenters. The predicted octanol–water partition coefficient (Wildman–Crippen LogP) is 2.51. The van der Waals surface area contributed by atoms with Crippen molar-refractivity contribution in [2.24, 2.45) is 16.5 Å². The van der Waals surface area contributed by atoms with E-state index in [1.807, 2.05) is 85.7 Å². The number of anilines is 1. The highest BCUT2D eigenvalue weighted by Crippen LogP contribution is 2.30. The molecule has 350 valence electrons. The van der Waals surface area contributed by atoms with Gasteiger partial charge in [0, 0.05) is 67.2 Å². The Morgan fingerprint density at radius 2 is 1.52 bits per heavy atom. The number of likely N-dealkylation sites (tertiary alicyclic amines) is 1. The lowest BCUT2D eigenvalue weighted by Gasteiger charge is -2.29. The molecule has 1 saturated heterocycles. The quantitative estimate of drug-likeness (QED) is 0.0301. The molecule has 1 aliphatic rings. The highest BCUT2D eigenvalue weighted by atomic mass is 32.2. The highest BCUT2D eigenvalue weighted by Gasteiger charge is 2.39. The molecule has 1 fully saturated rings. The van der Waals surface area contributed by atoms with Crippen LogP contribution in [0.3, 0.4) is 0 Å². The topological polar surface area (TPSA) is 275 Å². The number of sulfonamides is 1. The van der Waals surface area contributed by atoms with E-state index in [0.717, 1.165) is 22.2 Å². The summed E-state index contributed by atoms with van der Waals surface area (Å²) in [5, 5.41) is 20.1.